The molecule has 5 rings (SSSR count). The Balaban J connectivity index is 1.41. The van der Waals surface area contributed by atoms with Gasteiger partial charge < -0.3 is 15.4 Å². The molecule has 0 atom stereocenters. The molecule has 1 saturated carbocycles. The lowest BCUT2D eigenvalue weighted by molar-refractivity contribution is -0.112. The molecule has 0 unspecified atom stereocenters. The molecule has 0 spiro atoms. The minimum absolute atomic E-state index is 0.112. The Kier molecular flexibility index (Phi) is 8.89. The van der Waals surface area contributed by atoms with Crippen LogP contribution in [0.4, 0.5) is 5.95 Å². The van der Waals surface area contributed by atoms with Crippen molar-refractivity contribution >= 4 is 33.3 Å². The summed E-state index contributed by atoms with van der Waals surface area (Å²) in [5.41, 5.74) is 2.30. The largest absolute Gasteiger partial charge is 0.354 e. The molecule has 3 aromatic rings. The van der Waals surface area contributed by atoms with E-state index >= 15 is 0 Å². The van der Waals surface area contributed by atoms with E-state index in [4.69, 9.17) is 10.1 Å². The number of fused-ring (bicyclic) bond motifs is 1. The maximum absolute atomic E-state index is 12.9. The number of carbonyl (C=O) groups is 1. The quantitative estimate of drug-likeness (QED) is 0.241. The summed E-state index contributed by atoms with van der Waals surface area (Å²) in [5.74, 6) is 1.05. The van der Waals surface area contributed by atoms with Crippen LogP contribution in [0.25, 0.3) is 22.3 Å². The smallest absolute Gasteiger partial charge is 0.240 e. The second-order valence-electron chi connectivity index (χ2n) is 10.8. The standard InChI is InChI=1S/C28H39N7O3S/c1-2-3-14-30-28-31-18-25-26(34-35(27(25)33-28)23-8-4-21(19-36)5-9-23)22-6-10-24(11-7-22)39(37,38)32-17-20-12-15-29-16-13-20/h6-7,10-11,18-21,23,29,32H,2-5,8-9,12-17H2,1H3,(H,30,31,33). The number of rotatable bonds is 11. The highest BCUT2D eigenvalue weighted by Gasteiger charge is 2.27. The lowest BCUT2D eigenvalue weighted by Crippen LogP contribution is -2.35. The maximum Gasteiger partial charge on any atom is 0.240 e. The van der Waals surface area contributed by atoms with Gasteiger partial charge in [-0.3, -0.25) is 0 Å². The number of nitrogens with zero attached hydrogens (tertiary/aromatic N) is 4. The highest BCUT2D eigenvalue weighted by atomic mass is 32.2. The van der Waals surface area contributed by atoms with Gasteiger partial charge in [0.1, 0.15) is 12.0 Å². The van der Waals surface area contributed by atoms with Crippen LogP contribution in [0.1, 0.15) is 64.3 Å². The van der Waals surface area contributed by atoms with Gasteiger partial charge in [0, 0.05) is 30.8 Å². The fraction of sp³-hybridized carbons (Fsp3) is 0.571. The van der Waals surface area contributed by atoms with Crippen LogP contribution in [0, 0.1) is 11.8 Å². The summed E-state index contributed by atoms with van der Waals surface area (Å²) in [6.45, 7) is 5.26. The summed E-state index contributed by atoms with van der Waals surface area (Å²) in [4.78, 5) is 20.9. The first-order valence-corrected chi connectivity index (χ1v) is 15.7. The third-order valence-corrected chi connectivity index (χ3v) is 9.44. The molecule has 1 aliphatic heterocycles. The number of piperidine rings is 1. The molecule has 1 saturated heterocycles. The van der Waals surface area contributed by atoms with Gasteiger partial charge in [-0.2, -0.15) is 10.1 Å². The van der Waals surface area contributed by atoms with Crippen molar-refractivity contribution in [2.45, 2.75) is 69.2 Å². The molecule has 210 valence electrons. The van der Waals surface area contributed by atoms with Crippen molar-refractivity contribution in [1.82, 2.24) is 29.8 Å². The Hall–Kier alpha value is -2.89. The molecular formula is C28H39N7O3S. The van der Waals surface area contributed by atoms with Crippen molar-refractivity contribution < 1.29 is 13.2 Å². The normalized spacial score (nSPS) is 20.7. The minimum atomic E-state index is -3.60. The van der Waals surface area contributed by atoms with Crippen LogP contribution in [-0.4, -0.2) is 60.6 Å². The van der Waals surface area contributed by atoms with Crippen LogP contribution in [0.3, 0.4) is 0 Å². The number of aromatic nitrogens is 4. The second-order valence-corrected chi connectivity index (χ2v) is 12.5. The molecule has 2 aliphatic rings. The van der Waals surface area contributed by atoms with Crippen LogP contribution in [0.5, 0.6) is 0 Å². The van der Waals surface area contributed by atoms with Crippen LogP contribution >= 0.6 is 0 Å². The first kappa shape index (κ1) is 27.7. The summed E-state index contributed by atoms with van der Waals surface area (Å²) in [7, 11) is -3.60. The van der Waals surface area contributed by atoms with Gasteiger partial charge in [0.15, 0.2) is 5.65 Å². The third-order valence-electron chi connectivity index (χ3n) is 8.00. The van der Waals surface area contributed by atoms with E-state index in [0.29, 0.717) is 18.4 Å². The van der Waals surface area contributed by atoms with E-state index in [1.807, 2.05) is 16.8 Å². The lowest BCUT2D eigenvalue weighted by atomic mass is 9.87. The molecule has 0 radical (unpaired) electrons. The second kappa shape index (κ2) is 12.5. The van der Waals surface area contributed by atoms with Crippen molar-refractivity contribution in [3.63, 3.8) is 0 Å². The molecule has 3 N–H and O–H groups in total. The number of anilines is 1. The molecule has 11 heteroatoms. The number of hydrogen-bond acceptors (Lipinski definition) is 8. The number of sulfonamides is 1. The zero-order valence-corrected chi connectivity index (χ0v) is 23.4. The topological polar surface area (TPSA) is 131 Å². The van der Waals surface area contributed by atoms with E-state index in [1.165, 1.54) is 0 Å². The first-order chi connectivity index (χ1) is 19.0. The SMILES string of the molecule is CCCCNc1ncc2c(-c3ccc(S(=O)(=O)NCC4CCNCC4)cc3)nn(C3CCC(C=O)CC3)c2n1. The Morgan fingerprint density at radius 1 is 1.08 bits per heavy atom. The van der Waals surface area contributed by atoms with Crippen molar-refractivity contribution in [2.75, 3.05) is 31.5 Å². The summed E-state index contributed by atoms with van der Waals surface area (Å²) in [5, 5.41) is 12.4. The van der Waals surface area contributed by atoms with E-state index < -0.39 is 10.0 Å². The third kappa shape index (κ3) is 6.47. The summed E-state index contributed by atoms with van der Waals surface area (Å²) < 4.78 is 30.7. The zero-order chi connectivity index (χ0) is 27.2. The summed E-state index contributed by atoms with van der Waals surface area (Å²) in [6, 6.07) is 7.04. The van der Waals surface area contributed by atoms with Crippen molar-refractivity contribution in [1.29, 1.82) is 0 Å². The molecule has 3 heterocycles. The lowest BCUT2D eigenvalue weighted by Gasteiger charge is -2.25. The van der Waals surface area contributed by atoms with Gasteiger partial charge in [-0.05, 0) is 76.1 Å². The van der Waals surface area contributed by atoms with Gasteiger partial charge in [0.2, 0.25) is 16.0 Å². The van der Waals surface area contributed by atoms with Crippen molar-refractivity contribution in [3.05, 3.63) is 30.5 Å². The fourth-order valence-electron chi connectivity index (χ4n) is 5.52. The van der Waals surface area contributed by atoms with Gasteiger partial charge >= 0.3 is 0 Å². The molecule has 39 heavy (non-hydrogen) atoms. The molecular weight excluding hydrogens is 514 g/mol. The average molecular weight is 554 g/mol. The molecule has 0 amide bonds. The number of carbonyl (C=O) groups excluding carboxylic acids is 1. The van der Waals surface area contributed by atoms with E-state index in [9.17, 15) is 13.2 Å². The van der Waals surface area contributed by atoms with Crippen LogP contribution in [0.15, 0.2) is 35.4 Å². The Labute approximate surface area is 230 Å². The van der Waals surface area contributed by atoms with E-state index in [1.54, 1.807) is 18.3 Å². The molecule has 2 fully saturated rings. The molecule has 1 aromatic carbocycles. The highest BCUT2D eigenvalue weighted by Crippen LogP contribution is 2.36. The monoisotopic (exact) mass is 553 g/mol. The summed E-state index contributed by atoms with van der Waals surface area (Å²) >= 11 is 0. The fourth-order valence-corrected chi connectivity index (χ4v) is 6.64. The number of benzene rings is 1. The Morgan fingerprint density at radius 3 is 2.51 bits per heavy atom. The number of unbranched alkanes of at least 4 members (excludes halogenated alkanes) is 1. The van der Waals surface area contributed by atoms with Crippen molar-refractivity contribution in [3.8, 4) is 11.3 Å². The Bertz CT molecular complexity index is 1360. The van der Waals surface area contributed by atoms with E-state index in [0.717, 1.165) is 99.6 Å². The minimum Gasteiger partial charge on any atom is -0.354 e. The average Bonchev–Trinajstić information content (AvgIpc) is 3.36. The van der Waals surface area contributed by atoms with E-state index in [2.05, 4.69) is 27.3 Å². The maximum atomic E-state index is 12.9. The van der Waals surface area contributed by atoms with Gasteiger partial charge in [-0.1, -0.05) is 25.5 Å². The zero-order valence-electron chi connectivity index (χ0n) is 22.6. The van der Waals surface area contributed by atoms with Crippen LogP contribution in [0.2, 0.25) is 0 Å². The van der Waals surface area contributed by atoms with Gasteiger partial charge in [-0.15, -0.1) is 0 Å². The van der Waals surface area contributed by atoms with E-state index in [-0.39, 0.29) is 16.9 Å². The highest BCUT2D eigenvalue weighted by molar-refractivity contribution is 7.89. The predicted octanol–water partition coefficient (Wildman–Crippen LogP) is 3.91. The summed E-state index contributed by atoms with van der Waals surface area (Å²) in [6.07, 6.45) is 10.3. The molecule has 1 aliphatic carbocycles. The molecule has 10 nitrogen and oxygen atoms in total. The van der Waals surface area contributed by atoms with Gasteiger partial charge in [0.25, 0.3) is 0 Å². The van der Waals surface area contributed by atoms with Gasteiger partial charge in [-0.25, -0.2) is 22.8 Å². The van der Waals surface area contributed by atoms with Crippen LogP contribution < -0.4 is 15.4 Å². The number of hydrogen-bond donors (Lipinski definition) is 3. The number of nitrogens with one attached hydrogen (secondary N) is 3. The van der Waals surface area contributed by atoms with Crippen LogP contribution in [-0.2, 0) is 14.8 Å². The first-order valence-electron chi connectivity index (χ1n) is 14.2. The van der Waals surface area contributed by atoms with Gasteiger partial charge in [0.05, 0.1) is 16.3 Å². The van der Waals surface area contributed by atoms with Crippen molar-refractivity contribution in [2.24, 2.45) is 11.8 Å². The molecule has 0 bridgehead atoms. The molecule has 2 aromatic heterocycles. The predicted molar refractivity (Wildman–Crippen MR) is 152 cm³/mol. The number of aldehydes is 1. The Morgan fingerprint density at radius 2 is 1.82 bits per heavy atom.